The topological polar surface area (TPSA) is 48.9 Å². The van der Waals surface area contributed by atoms with Gasteiger partial charge in [-0.3, -0.25) is 0 Å². The lowest BCUT2D eigenvalue weighted by molar-refractivity contribution is 0.650. The van der Waals surface area contributed by atoms with Crippen molar-refractivity contribution < 1.29 is 4.89 Å². The van der Waals surface area contributed by atoms with Gasteiger partial charge in [0.1, 0.15) is 0 Å². The fraction of sp³-hybridized carbons (Fsp3) is 0.0500. The molecule has 0 aliphatic carbocycles. The molecule has 0 radical (unpaired) electrons. The number of nitrogens with zero attached hydrogens (tertiary/aromatic N) is 1. The molecule has 6 heteroatoms. The number of nitrogens with one attached hydrogen (secondary N) is 1. The first-order chi connectivity index (χ1) is 12.7. The lowest BCUT2D eigenvalue weighted by Gasteiger charge is -2.07. The van der Waals surface area contributed by atoms with E-state index in [9.17, 15) is 0 Å². The summed E-state index contributed by atoms with van der Waals surface area (Å²) in [5.41, 5.74) is 6.82. The van der Waals surface area contributed by atoms with Crippen molar-refractivity contribution in [1.82, 2.24) is 9.97 Å². The maximum Gasteiger partial charge on any atom is 0.166 e. The summed E-state index contributed by atoms with van der Waals surface area (Å²) in [5.74, 6) is 0. The number of benzene rings is 3. The Morgan fingerprint density at radius 3 is 2.38 bits per heavy atom. The second kappa shape index (κ2) is 7.81. The summed E-state index contributed by atoms with van der Waals surface area (Å²) < 4.78 is 0. The number of imidazole rings is 1. The van der Waals surface area contributed by atoms with E-state index in [1.807, 2.05) is 30.3 Å². The quantitative estimate of drug-likeness (QED) is 0.311. The highest BCUT2D eigenvalue weighted by Crippen LogP contribution is 2.34. The standard InChI is InChI=1S/C20H16ClN2OPS/c21-17-11-19-18(22-20(23-19)26-12-25-24)10-16(17)15-8-6-14(7-9-15)13-4-2-1-3-5-13/h1-11,24-25H,12H2,(H,22,23). The molecular formula is C20H16ClN2OPS. The fourth-order valence-electron chi connectivity index (χ4n) is 2.87. The first kappa shape index (κ1) is 17.6. The van der Waals surface area contributed by atoms with Gasteiger partial charge < -0.3 is 9.88 Å². The van der Waals surface area contributed by atoms with Crippen LogP contribution in [0.4, 0.5) is 0 Å². The normalized spacial score (nSPS) is 11.6. The van der Waals surface area contributed by atoms with Crippen LogP contribution >= 0.6 is 32.2 Å². The molecule has 4 aromatic rings. The Bertz CT molecular complexity index is 1040. The maximum absolute atomic E-state index is 8.99. The lowest BCUT2D eigenvalue weighted by Crippen LogP contribution is -1.82. The summed E-state index contributed by atoms with van der Waals surface area (Å²) in [6.45, 7) is 0. The molecule has 0 aliphatic rings. The molecule has 1 unspecified atom stereocenters. The molecule has 0 saturated carbocycles. The van der Waals surface area contributed by atoms with Crippen LogP contribution in [0.2, 0.25) is 5.02 Å². The Morgan fingerprint density at radius 2 is 1.65 bits per heavy atom. The summed E-state index contributed by atoms with van der Waals surface area (Å²) in [4.78, 5) is 16.8. The summed E-state index contributed by atoms with van der Waals surface area (Å²) in [6.07, 6.45) is 0. The van der Waals surface area contributed by atoms with E-state index < -0.39 is 0 Å². The van der Waals surface area contributed by atoms with Crippen molar-refractivity contribution in [2.45, 2.75) is 5.16 Å². The molecule has 0 saturated heterocycles. The molecule has 26 heavy (non-hydrogen) atoms. The van der Waals surface area contributed by atoms with E-state index in [4.69, 9.17) is 16.5 Å². The Morgan fingerprint density at radius 1 is 0.962 bits per heavy atom. The largest absolute Gasteiger partial charge is 0.376 e. The van der Waals surface area contributed by atoms with Gasteiger partial charge in [-0.25, -0.2) is 4.98 Å². The van der Waals surface area contributed by atoms with Gasteiger partial charge in [-0.2, -0.15) is 0 Å². The molecular weight excluding hydrogens is 383 g/mol. The van der Waals surface area contributed by atoms with Gasteiger partial charge in [-0.1, -0.05) is 78.0 Å². The van der Waals surface area contributed by atoms with Crippen LogP contribution in [0.3, 0.4) is 0 Å². The predicted octanol–water partition coefficient (Wildman–Crippen LogP) is 6.19. The van der Waals surface area contributed by atoms with Crippen LogP contribution < -0.4 is 0 Å². The van der Waals surface area contributed by atoms with Crippen LogP contribution in [0, 0.1) is 0 Å². The average Bonchev–Trinajstić information content (AvgIpc) is 3.08. The first-order valence-corrected chi connectivity index (χ1v) is 10.6. The van der Waals surface area contributed by atoms with Crippen molar-refractivity contribution in [3.63, 3.8) is 0 Å². The summed E-state index contributed by atoms with van der Waals surface area (Å²) in [5, 5.41) is 1.49. The molecule has 0 bridgehead atoms. The van der Waals surface area contributed by atoms with Crippen molar-refractivity contribution in [2.75, 3.05) is 5.49 Å². The molecule has 0 amide bonds. The number of halogens is 1. The van der Waals surface area contributed by atoms with Gasteiger partial charge in [0.15, 0.2) is 5.16 Å². The zero-order chi connectivity index (χ0) is 17.9. The highest BCUT2D eigenvalue weighted by molar-refractivity contribution is 8.02. The van der Waals surface area contributed by atoms with Gasteiger partial charge in [0.25, 0.3) is 0 Å². The van der Waals surface area contributed by atoms with Crippen LogP contribution in [0.15, 0.2) is 71.9 Å². The van der Waals surface area contributed by atoms with Gasteiger partial charge in [0.05, 0.1) is 16.1 Å². The van der Waals surface area contributed by atoms with Gasteiger partial charge in [-0.15, -0.1) is 0 Å². The maximum atomic E-state index is 8.99. The van der Waals surface area contributed by atoms with E-state index in [1.54, 1.807) is 0 Å². The van der Waals surface area contributed by atoms with E-state index in [-0.39, 0.29) is 8.81 Å². The lowest BCUT2D eigenvalue weighted by atomic mass is 10.00. The van der Waals surface area contributed by atoms with Gasteiger partial charge in [-0.05, 0) is 28.8 Å². The van der Waals surface area contributed by atoms with Gasteiger partial charge in [0, 0.05) is 19.9 Å². The molecule has 3 nitrogen and oxygen atoms in total. The zero-order valence-electron chi connectivity index (χ0n) is 13.7. The molecule has 2 N–H and O–H groups in total. The van der Waals surface area contributed by atoms with Crippen molar-refractivity contribution in [3.8, 4) is 22.3 Å². The summed E-state index contributed by atoms with van der Waals surface area (Å²) >= 11 is 8.02. The van der Waals surface area contributed by atoms with Crippen molar-refractivity contribution in [1.29, 1.82) is 0 Å². The van der Waals surface area contributed by atoms with E-state index in [2.05, 4.69) is 46.4 Å². The van der Waals surface area contributed by atoms with Crippen LogP contribution in [-0.2, 0) is 0 Å². The molecule has 1 atom stereocenters. The van der Waals surface area contributed by atoms with E-state index in [0.717, 1.165) is 27.3 Å². The summed E-state index contributed by atoms with van der Waals surface area (Å²) in [6, 6.07) is 22.6. The first-order valence-electron chi connectivity index (χ1n) is 8.09. The zero-order valence-corrected chi connectivity index (χ0v) is 16.3. The highest BCUT2D eigenvalue weighted by Gasteiger charge is 2.10. The molecule has 4 rings (SSSR count). The number of thioether (sulfide) groups is 1. The Hall–Kier alpha value is -1.84. The minimum atomic E-state index is -0.0933. The molecule has 0 fully saturated rings. The second-order valence-corrected chi connectivity index (χ2v) is 8.33. The molecule has 130 valence electrons. The molecule has 1 heterocycles. The predicted molar refractivity (Wildman–Crippen MR) is 113 cm³/mol. The monoisotopic (exact) mass is 398 g/mol. The molecule has 0 spiro atoms. The number of hydrogen-bond acceptors (Lipinski definition) is 3. The second-order valence-electron chi connectivity index (χ2n) is 5.78. The Balaban J connectivity index is 1.68. The minimum Gasteiger partial charge on any atom is -0.376 e. The number of hydrogen-bond donors (Lipinski definition) is 2. The number of H-pyrrole nitrogens is 1. The third kappa shape index (κ3) is 3.65. The summed E-state index contributed by atoms with van der Waals surface area (Å²) in [7, 11) is -0.0933. The number of aromatic amines is 1. The minimum absolute atomic E-state index is 0.0933. The number of rotatable bonds is 5. The SMILES string of the molecule is OPCSc1nc2cc(-c3ccc(-c4ccccc4)cc3)c(Cl)cc2[nH]1. The Kier molecular flexibility index (Phi) is 5.28. The van der Waals surface area contributed by atoms with Crippen molar-refractivity contribution >= 4 is 43.2 Å². The van der Waals surface area contributed by atoms with E-state index >= 15 is 0 Å². The molecule has 3 aromatic carbocycles. The van der Waals surface area contributed by atoms with Crippen molar-refractivity contribution in [2.24, 2.45) is 0 Å². The average molecular weight is 399 g/mol. The number of aromatic nitrogens is 2. The van der Waals surface area contributed by atoms with Crippen LogP contribution in [0.5, 0.6) is 0 Å². The third-order valence-electron chi connectivity index (χ3n) is 4.13. The van der Waals surface area contributed by atoms with E-state index in [0.29, 0.717) is 10.5 Å². The van der Waals surface area contributed by atoms with Crippen LogP contribution in [-0.4, -0.2) is 20.4 Å². The smallest absolute Gasteiger partial charge is 0.166 e. The third-order valence-corrected chi connectivity index (χ3v) is 6.00. The molecule has 0 aliphatic heterocycles. The highest BCUT2D eigenvalue weighted by atomic mass is 35.5. The van der Waals surface area contributed by atoms with Gasteiger partial charge >= 0.3 is 0 Å². The van der Waals surface area contributed by atoms with E-state index in [1.165, 1.54) is 22.9 Å². The number of fused-ring (bicyclic) bond motifs is 1. The molecule has 1 aromatic heterocycles. The van der Waals surface area contributed by atoms with Gasteiger partial charge in [0.2, 0.25) is 0 Å². The van der Waals surface area contributed by atoms with Crippen LogP contribution in [0.25, 0.3) is 33.3 Å². The fourth-order valence-corrected chi connectivity index (χ4v) is 4.29. The Labute approximate surface area is 162 Å². The van der Waals surface area contributed by atoms with Crippen LogP contribution in [0.1, 0.15) is 0 Å². The van der Waals surface area contributed by atoms with Crippen molar-refractivity contribution in [3.05, 3.63) is 71.8 Å².